The molecule has 0 unspecified atom stereocenters. The first-order valence-corrected chi connectivity index (χ1v) is 51.3. The molecule has 0 atom stereocenters. The van der Waals surface area contributed by atoms with E-state index in [1.54, 1.807) is 11.1 Å². The average Bonchev–Trinajstić information content (AvgIpc) is 1.51. The van der Waals surface area contributed by atoms with E-state index in [1.807, 2.05) is 347 Å². The Labute approximate surface area is 828 Å². The van der Waals surface area contributed by atoms with Gasteiger partial charge in [-0.05, 0) is 161 Å². The summed E-state index contributed by atoms with van der Waals surface area (Å²) in [7, 11) is 6.00. The fraction of sp³-hybridized carbons (Fsp3) is 0.293. The highest BCUT2D eigenvalue weighted by atomic mass is 15.0. The second-order valence-corrected chi connectivity index (χ2v) is 27.9. The molecule has 0 amide bonds. The van der Waals surface area contributed by atoms with Crippen LogP contribution in [-0.2, 0) is 23.7 Å². The Kier molecular flexibility index (Phi) is 76.1. The van der Waals surface area contributed by atoms with E-state index < -0.39 is 0 Å². The van der Waals surface area contributed by atoms with Crippen molar-refractivity contribution in [3.8, 4) is 39.1 Å². The highest BCUT2D eigenvalue weighted by Gasteiger charge is 2.51. The molecule has 1 spiro atoms. The van der Waals surface area contributed by atoms with Gasteiger partial charge in [-0.25, -0.2) is 0 Å². The van der Waals surface area contributed by atoms with Crippen LogP contribution in [0, 0.1) is 13.8 Å². The van der Waals surface area contributed by atoms with E-state index in [0.29, 0.717) is 0 Å². The summed E-state index contributed by atoms with van der Waals surface area (Å²) in [5.74, 6) is 0. The van der Waals surface area contributed by atoms with E-state index in [-0.39, 0.29) is 10.8 Å². The molecule has 135 heavy (non-hydrogen) atoms. The van der Waals surface area contributed by atoms with Crippen molar-refractivity contribution in [3.05, 3.63) is 486 Å². The number of aryl methyl sites for hydroxylation is 4. The van der Waals surface area contributed by atoms with Crippen LogP contribution in [0.1, 0.15) is 263 Å². The number of nitrogens with zero attached hydrogens (tertiary/aromatic N) is 2. The van der Waals surface area contributed by atoms with Crippen LogP contribution in [0.4, 0.5) is 0 Å². The Bertz CT molecular complexity index is 5020. The summed E-state index contributed by atoms with van der Waals surface area (Å²) in [6.07, 6.45) is 2.60. The standard InChI is InChI=1S/C25H16.C19H15N.C15H14.C10H8.C8H8.C7H8.3C6H6.C3H9N.14C2H6/c1-5-13-21-17(9-1)18-10-2-6-14-22(18)25(21)23-15-7-3-11-19(23)20-12-4-8-16-24(20)25;1-14-10-12-15(13-11-14)20-18-8-4-2-6-16(18)17-7-3-5-9-19(17)20;1-15(2)13-9-5-3-7-11(13)12-8-4-6-10-14(12)15;1-2-6-10-8-4-3-7-9(10)5-1;1-2-4-8-6-5-7(8)3-1;1-7-5-3-2-4-6-7;3*1-2-4-6-5-3-1;1-4(2)3;14*1-2/h1-16H;2-13H,1H3;3-10H,1-2H3;1-8H;1-4H,5-6H2;2-6H,1H3;3*1-6H;1-3H3;14*1-2H3. The van der Waals surface area contributed by atoms with Crippen molar-refractivity contribution in [2.75, 3.05) is 21.1 Å². The van der Waals surface area contributed by atoms with Crippen LogP contribution in [0.15, 0.2) is 431 Å². The first-order valence-electron chi connectivity index (χ1n) is 51.3. The molecule has 0 radical (unpaired) electrons. The molecule has 722 valence electrons. The van der Waals surface area contributed by atoms with Gasteiger partial charge in [-0.3, -0.25) is 0 Å². The van der Waals surface area contributed by atoms with Gasteiger partial charge < -0.3 is 9.47 Å². The zero-order valence-corrected chi connectivity index (χ0v) is 90.8. The van der Waals surface area contributed by atoms with Gasteiger partial charge in [0.25, 0.3) is 0 Å². The largest absolute Gasteiger partial charge is 0.312 e. The molecule has 4 aliphatic carbocycles. The Hall–Kier alpha value is -12.5. The van der Waals surface area contributed by atoms with Crippen LogP contribution >= 0.6 is 0 Å². The third kappa shape index (κ3) is 39.6. The molecule has 0 N–H and O–H groups in total. The molecular weight excluding hydrogens is 1630 g/mol. The molecule has 0 bridgehead atoms. The van der Waals surface area contributed by atoms with E-state index in [0.717, 1.165) is 0 Å². The highest BCUT2D eigenvalue weighted by Crippen LogP contribution is 2.62. The Balaban J connectivity index is -0.00000145. The topological polar surface area (TPSA) is 8.17 Å². The van der Waals surface area contributed by atoms with Crippen LogP contribution in [-0.4, -0.2) is 30.6 Å². The van der Waals surface area contributed by atoms with Crippen molar-refractivity contribution in [3.63, 3.8) is 0 Å². The summed E-state index contributed by atoms with van der Waals surface area (Å²) in [6.45, 7) is 64.8. The van der Waals surface area contributed by atoms with Crippen molar-refractivity contribution in [2.24, 2.45) is 0 Å². The molecule has 21 rings (SSSR count). The lowest BCUT2D eigenvalue weighted by molar-refractivity contribution is 0.505. The van der Waals surface area contributed by atoms with Gasteiger partial charge in [0.2, 0.25) is 0 Å². The summed E-state index contributed by atoms with van der Waals surface area (Å²) < 4.78 is 2.34. The average molecular weight is 1810 g/mol. The number of benzene rings is 16. The monoisotopic (exact) mass is 1810 g/mol. The predicted molar refractivity (Wildman–Crippen MR) is 619 cm³/mol. The molecule has 4 aliphatic rings. The summed E-state index contributed by atoms with van der Waals surface area (Å²) in [6, 6.07) is 151. The Morgan fingerprint density at radius 2 is 0.370 bits per heavy atom. The van der Waals surface area contributed by atoms with Gasteiger partial charge in [0.05, 0.1) is 16.4 Å². The second-order valence-electron chi connectivity index (χ2n) is 27.9. The minimum Gasteiger partial charge on any atom is -0.312 e. The number of fused-ring (bicyclic) bond motifs is 18. The molecule has 2 heteroatoms. The van der Waals surface area contributed by atoms with Gasteiger partial charge in [-0.15, -0.1) is 0 Å². The quantitative estimate of drug-likeness (QED) is 0.159. The molecule has 17 aromatic rings. The molecule has 0 saturated heterocycles. The summed E-state index contributed by atoms with van der Waals surface area (Å²) in [5.41, 5.74) is 26.2. The number of hydrogen-bond acceptors (Lipinski definition) is 1. The van der Waals surface area contributed by atoms with Gasteiger partial charge in [0.1, 0.15) is 0 Å². The lowest BCUT2D eigenvalue weighted by Gasteiger charge is -2.30. The Morgan fingerprint density at radius 3 is 0.593 bits per heavy atom. The fourth-order valence-electron chi connectivity index (χ4n) is 14.6. The number of rotatable bonds is 1. The van der Waals surface area contributed by atoms with E-state index in [4.69, 9.17) is 0 Å². The second kappa shape index (κ2) is 81.1. The van der Waals surface area contributed by atoms with Crippen molar-refractivity contribution in [1.29, 1.82) is 0 Å². The van der Waals surface area contributed by atoms with Crippen LogP contribution in [0.25, 0.3) is 71.6 Å². The van der Waals surface area contributed by atoms with Crippen LogP contribution in [0.5, 0.6) is 0 Å². The zero-order valence-electron chi connectivity index (χ0n) is 90.8. The molecular formula is C133H180N2. The van der Waals surface area contributed by atoms with E-state index in [2.05, 4.69) is 336 Å². The number of aromatic nitrogens is 1. The van der Waals surface area contributed by atoms with E-state index in [9.17, 15) is 0 Å². The predicted octanol–water partition coefficient (Wildman–Crippen LogP) is 41.3. The molecule has 0 saturated carbocycles. The summed E-state index contributed by atoms with van der Waals surface area (Å²) in [5, 5.41) is 5.24. The SMILES string of the molecule is CC.CC.CC.CC.CC.CC.CC.CC.CC.CC.CC.CC.CC.CC.CC1(C)c2ccccc2-c2ccccc21.CN(C)C.Cc1ccc(-n2c3ccccc3c3ccccc32)cc1.Cc1ccccc1.c1ccc2c(c1)-c1ccccc1C21c2ccccc2-c2ccccc21.c1ccc2c(c1)CC2.c1ccc2ccccc2c1.c1ccccc1.c1ccccc1.c1ccccc1. The normalized spacial score (nSPS) is 10.2. The van der Waals surface area contributed by atoms with E-state index in [1.165, 1.54) is 129 Å². The summed E-state index contributed by atoms with van der Waals surface area (Å²) >= 11 is 0. The maximum atomic E-state index is 2.34. The first-order chi connectivity index (χ1) is 66.5. The van der Waals surface area contributed by atoms with Crippen molar-refractivity contribution in [2.45, 2.75) is 245 Å². The highest BCUT2D eigenvalue weighted by molar-refractivity contribution is 6.09. The zero-order chi connectivity index (χ0) is 102. The van der Waals surface area contributed by atoms with Gasteiger partial charge in [-0.1, -0.05) is 625 Å². The molecule has 1 aromatic heterocycles. The molecule has 0 fully saturated rings. The minimum absolute atomic E-state index is 0.160. The molecule has 2 nitrogen and oxygen atoms in total. The maximum absolute atomic E-state index is 2.34. The third-order valence-corrected chi connectivity index (χ3v) is 19.6. The van der Waals surface area contributed by atoms with Gasteiger partial charge in [0, 0.05) is 21.9 Å². The fourth-order valence-corrected chi connectivity index (χ4v) is 14.6. The third-order valence-electron chi connectivity index (χ3n) is 19.6. The number of para-hydroxylation sites is 2. The lowest BCUT2D eigenvalue weighted by Crippen LogP contribution is -2.25. The smallest absolute Gasteiger partial charge is 0.0725 e. The molecule has 16 aromatic carbocycles. The van der Waals surface area contributed by atoms with Crippen LogP contribution in [0.3, 0.4) is 0 Å². The lowest BCUT2D eigenvalue weighted by atomic mass is 9.70. The van der Waals surface area contributed by atoms with Gasteiger partial charge in [-0.2, -0.15) is 0 Å². The number of hydrogen-bond donors (Lipinski definition) is 0. The Morgan fingerprint density at radius 1 is 0.193 bits per heavy atom. The molecule has 0 aliphatic heterocycles. The van der Waals surface area contributed by atoms with Crippen molar-refractivity contribution < 1.29 is 0 Å². The van der Waals surface area contributed by atoms with E-state index >= 15 is 0 Å². The van der Waals surface area contributed by atoms with Gasteiger partial charge in [0.15, 0.2) is 0 Å². The van der Waals surface area contributed by atoms with Gasteiger partial charge >= 0.3 is 0 Å². The van der Waals surface area contributed by atoms with Crippen LogP contribution < -0.4 is 0 Å². The van der Waals surface area contributed by atoms with Crippen molar-refractivity contribution >= 4 is 32.6 Å². The van der Waals surface area contributed by atoms with Crippen molar-refractivity contribution in [1.82, 2.24) is 9.47 Å². The minimum atomic E-state index is -0.180. The van der Waals surface area contributed by atoms with Crippen LogP contribution in [0.2, 0.25) is 0 Å². The summed E-state index contributed by atoms with van der Waals surface area (Å²) in [4.78, 5) is 2.00. The first kappa shape index (κ1) is 127. The molecule has 1 heterocycles. The maximum Gasteiger partial charge on any atom is 0.0725 e.